The molecule has 0 spiro atoms. The van der Waals surface area contributed by atoms with Crippen molar-refractivity contribution < 1.29 is 49.0 Å². The van der Waals surface area contributed by atoms with Crippen LogP contribution in [0.25, 0.3) is 23.3 Å². The maximum Gasteiger partial charge on any atom is -1.00 e. The second kappa shape index (κ2) is 12.0. The van der Waals surface area contributed by atoms with Crippen molar-refractivity contribution in [1.82, 2.24) is 0 Å². The first-order valence-corrected chi connectivity index (χ1v) is 14.3. The van der Waals surface area contributed by atoms with Crippen molar-refractivity contribution in [2.75, 3.05) is 0 Å². The van der Waals surface area contributed by atoms with Gasteiger partial charge < -0.3 is 24.8 Å². The molecule has 0 saturated heterocycles. The zero-order valence-corrected chi connectivity index (χ0v) is 28.3. The standard InChI is InChI=1S/C23H21.C9H13.C3H6.2ClH.Zr/c1-22(2)7-5-14-10-18-16(12-20(14)22)9-17-13-21-15(11-19(17)18)6-8-23(21,3)4;1-9(2,3)8-6-4-5-7-8;1-3-2;;;/h5-7,10-13H,9H2,1-4H3;4-7H,1-3H3;1-2H3;2*1H;/q2*-1;;;;+2/p-2. The molecule has 38 heavy (non-hydrogen) atoms. The Morgan fingerprint density at radius 2 is 1.45 bits per heavy atom. The van der Waals surface area contributed by atoms with Gasteiger partial charge in [-0.2, -0.15) is 29.3 Å². The molecule has 3 aromatic rings. The molecule has 200 valence electrons. The van der Waals surface area contributed by atoms with Crippen LogP contribution in [0.15, 0.2) is 54.6 Å². The van der Waals surface area contributed by atoms with Crippen LogP contribution in [0.4, 0.5) is 0 Å². The second-order valence-electron chi connectivity index (χ2n) is 12.8. The van der Waals surface area contributed by atoms with Crippen LogP contribution in [-0.4, -0.2) is 3.21 Å². The first-order chi connectivity index (χ1) is 16.7. The van der Waals surface area contributed by atoms with Crippen molar-refractivity contribution in [3.63, 3.8) is 0 Å². The molecule has 0 unspecified atom stereocenters. The van der Waals surface area contributed by atoms with Gasteiger partial charge in [-0.15, -0.1) is 11.6 Å². The number of hydrogen-bond acceptors (Lipinski definition) is 0. The Morgan fingerprint density at radius 1 is 0.895 bits per heavy atom. The van der Waals surface area contributed by atoms with E-state index in [0.29, 0.717) is 5.41 Å². The summed E-state index contributed by atoms with van der Waals surface area (Å²) in [5, 5.41) is 0. The van der Waals surface area contributed by atoms with Gasteiger partial charge in [0.05, 0.1) is 0 Å². The number of rotatable bonds is 0. The van der Waals surface area contributed by atoms with E-state index in [9.17, 15) is 0 Å². The predicted molar refractivity (Wildman–Crippen MR) is 155 cm³/mol. The van der Waals surface area contributed by atoms with Crippen molar-refractivity contribution in [2.24, 2.45) is 0 Å². The molecule has 0 amide bonds. The van der Waals surface area contributed by atoms with Crippen LogP contribution in [0.2, 0.25) is 0 Å². The third-order valence-corrected chi connectivity index (χ3v) is 7.39. The summed E-state index contributed by atoms with van der Waals surface area (Å²) in [5.41, 5.74) is 13.4. The molecule has 0 nitrogen and oxygen atoms in total. The Kier molecular flexibility index (Phi) is 10.4. The van der Waals surface area contributed by atoms with Crippen molar-refractivity contribution in [1.29, 1.82) is 0 Å². The molecule has 0 aliphatic heterocycles. The normalized spacial score (nSPS) is 15.9. The Balaban J connectivity index is 0.000000286. The molecule has 3 aliphatic carbocycles. The minimum Gasteiger partial charge on any atom is -1.00 e. The second-order valence-corrected chi connectivity index (χ2v) is 15.2. The summed E-state index contributed by atoms with van der Waals surface area (Å²) in [4.78, 5) is 0. The van der Waals surface area contributed by atoms with Crippen LogP contribution in [0.1, 0.15) is 101 Å². The first-order valence-electron chi connectivity index (χ1n) is 13.1. The fraction of sp³-hybridized carbons (Fsp3) is 0.371. The number of allylic oxidation sites excluding steroid dienone is 2. The minimum atomic E-state index is 0. The molecule has 0 radical (unpaired) electrons. The molecule has 3 heteroatoms. The van der Waals surface area contributed by atoms with Gasteiger partial charge in [-0.3, -0.25) is 6.08 Å². The Labute approximate surface area is 258 Å². The van der Waals surface area contributed by atoms with Gasteiger partial charge in [0.1, 0.15) is 0 Å². The number of halogens is 2. The smallest absolute Gasteiger partial charge is 1.00 e. The van der Waals surface area contributed by atoms with Crippen molar-refractivity contribution in [3.8, 4) is 11.1 Å². The molecule has 6 rings (SSSR count). The van der Waals surface area contributed by atoms with E-state index < -0.39 is 0 Å². The summed E-state index contributed by atoms with van der Waals surface area (Å²) >= 11 is 1.55. The van der Waals surface area contributed by atoms with E-state index in [4.69, 9.17) is 0 Å². The predicted octanol–water partition coefficient (Wildman–Crippen LogP) is 3.13. The van der Waals surface area contributed by atoms with Crippen LogP contribution in [0.5, 0.6) is 0 Å². The summed E-state index contributed by atoms with van der Waals surface area (Å²) in [6.07, 6.45) is 11.4. The third-order valence-electron chi connectivity index (χ3n) is 7.39. The summed E-state index contributed by atoms with van der Waals surface area (Å²) in [6.45, 7) is 20.0. The SMILES string of the molecule is CC(C)(C)c1cc[cH-]c1.CC1(C)[C-]=Cc2cc3c(cc21)Cc1cc2c(cc1-3)C=CC2(C)C.C[C](C)=[Zr+2].[Cl-].[Cl-]. The maximum absolute atomic E-state index is 3.50. The molecule has 0 fully saturated rings. The monoisotopic (exact) mass is 620 g/mol. The zero-order valence-electron chi connectivity index (χ0n) is 24.3. The maximum atomic E-state index is 3.50. The van der Waals surface area contributed by atoms with Gasteiger partial charge in [0.15, 0.2) is 0 Å². The van der Waals surface area contributed by atoms with Crippen LogP contribution >= 0.6 is 0 Å². The molecule has 0 heterocycles. The van der Waals surface area contributed by atoms with Crippen LogP contribution in [0.3, 0.4) is 0 Å². The summed E-state index contributed by atoms with van der Waals surface area (Å²) in [5.74, 6) is 0. The Bertz CT molecular complexity index is 1280. The van der Waals surface area contributed by atoms with Gasteiger partial charge in [-0.25, -0.2) is 12.1 Å². The largest absolute Gasteiger partial charge is 1.00 e. The molecular formula is C35H40Cl2Zr-2. The fourth-order valence-corrected chi connectivity index (χ4v) is 5.28. The number of hydrogen-bond donors (Lipinski definition) is 0. The quantitative estimate of drug-likeness (QED) is 0.265. The summed E-state index contributed by atoms with van der Waals surface area (Å²) in [7, 11) is 0. The van der Waals surface area contributed by atoms with Crippen molar-refractivity contribution in [3.05, 3.63) is 99.6 Å². The molecule has 0 N–H and O–H groups in total. The Morgan fingerprint density at radius 3 is 1.95 bits per heavy atom. The van der Waals surface area contributed by atoms with E-state index in [-0.39, 0.29) is 35.6 Å². The van der Waals surface area contributed by atoms with E-state index >= 15 is 0 Å². The van der Waals surface area contributed by atoms with Gasteiger partial charge in [0.2, 0.25) is 0 Å². The van der Waals surface area contributed by atoms with Crippen LogP contribution < -0.4 is 24.8 Å². The molecule has 0 saturated carbocycles. The van der Waals surface area contributed by atoms with Gasteiger partial charge >= 0.3 is 41.3 Å². The molecular weight excluding hydrogens is 583 g/mol. The van der Waals surface area contributed by atoms with Gasteiger partial charge in [0.25, 0.3) is 0 Å². The van der Waals surface area contributed by atoms with E-state index in [1.165, 1.54) is 53.3 Å². The van der Waals surface area contributed by atoms with E-state index in [1.807, 2.05) is 0 Å². The Hall–Kier alpha value is -1.40. The van der Waals surface area contributed by atoms with E-state index in [0.717, 1.165) is 6.42 Å². The van der Waals surface area contributed by atoms with Crippen LogP contribution in [-0.2, 0) is 46.9 Å². The molecule has 0 atom stereocenters. The average Bonchev–Trinajstić information content (AvgIpc) is 3.52. The minimum absolute atomic E-state index is 0. The fourth-order valence-electron chi connectivity index (χ4n) is 5.28. The van der Waals surface area contributed by atoms with Gasteiger partial charge in [-0.1, -0.05) is 83.6 Å². The number of benzene rings is 2. The molecule has 0 bridgehead atoms. The van der Waals surface area contributed by atoms with E-state index in [1.54, 1.807) is 24.2 Å². The van der Waals surface area contributed by atoms with E-state index in [2.05, 4.69) is 135 Å². The molecule has 3 aliphatic rings. The summed E-state index contributed by atoms with van der Waals surface area (Å²) < 4.78 is 1.51. The molecule has 3 aromatic carbocycles. The third kappa shape index (κ3) is 6.84. The number of fused-ring (bicyclic) bond motifs is 5. The van der Waals surface area contributed by atoms with Gasteiger partial charge in [0, 0.05) is 5.41 Å². The molecule has 0 aromatic heterocycles. The summed E-state index contributed by atoms with van der Waals surface area (Å²) in [6, 6.07) is 18.2. The zero-order chi connectivity index (χ0) is 26.5. The van der Waals surface area contributed by atoms with Crippen molar-refractivity contribution in [2.45, 2.75) is 85.0 Å². The van der Waals surface area contributed by atoms with Gasteiger partial charge in [-0.05, 0) is 45.9 Å². The van der Waals surface area contributed by atoms with Crippen LogP contribution in [0, 0.1) is 6.08 Å². The first kappa shape index (κ1) is 32.8. The van der Waals surface area contributed by atoms with Crippen molar-refractivity contribution >= 4 is 15.4 Å². The average molecular weight is 623 g/mol. The topological polar surface area (TPSA) is 0 Å².